The monoisotopic (exact) mass is 442 g/mol. The lowest BCUT2D eigenvalue weighted by molar-refractivity contribution is 0.0376. The van der Waals surface area contributed by atoms with Gasteiger partial charge in [0, 0.05) is 11.1 Å². The summed E-state index contributed by atoms with van der Waals surface area (Å²) in [6, 6.07) is 8.30. The van der Waals surface area contributed by atoms with Crippen LogP contribution in [0.25, 0.3) is 0 Å². The van der Waals surface area contributed by atoms with Gasteiger partial charge in [-0.2, -0.15) is 5.26 Å². The number of ketones is 2. The van der Waals surface area contributed by atoms with Gasteiger partial charge in [0.2, 0.25) is 0 Å². The summed E-state index contributed by atoms with van der Waals surface area (Å²) >= 11 is 15.0. The third-order valence-corrected chi connectivity index (χ3v) is 8.93. The maximum Gasteiger partial charge on any atom is 0.190 e. The molecule has 144 valence electrons. The normalized spacial score (nSPS) is 37.1. The van der Waals surface area contributed by atoms with Crippen LogP contribution in [0, 0.1) is 11.3 Å². The van der Waals surface area contributed by atoms with Gasteiger partial charge in [-0.25, -0.2) is 0 Å². The van der Waals surface area contributed by atoms with Gasteiger partial charge in [0.15, 0.2) is 21.3 Å². The molecule has 5 rings (SSSR count). The molecule has 1 aromatic carbocycles. The van der Waals surface area contributed by atoms with Crippen LogP contribution in [0.4, 0.5) is 0 Å². The predicted octanol–water partition coefficient (Wildman–Crippen LogP) is 3.00. The zero-order chi connectivity index (χ0) is 20.8. The molecule has 4 aliphatic rings. The zero-order valence-electron chi connectivity index (χ0n) is 14.6. The lowest BCUT2D eigenvalue weighted by Crippen LogP contribution is -2.76. The number of benzene rings is 1. The largest absolute Gasteiger partial charge is 0.392 e. The fourth-order valence-corrected chi connectivity index (χ4v) is 7.11. The van der Waals surface area contributed by atoms with Gasteiger partial charge in [-0.05, 0) is 17.2 Å². The van der Waals surface area contributed by atoms with E-state index in [1.165, 1.54) is 24.3 Å². The van der Waals surface area contributed by atoms with Crippen LogP contribution in [0.1, 0.15) is 20.7 Å². The molecule has 0 saturated carbocycles. The average Bonchev–Trinajstić information content (AvgIpc) is 3.06. The van der Waals surface area contributed by atoms with Crippen molar-refractivity contribution in [3.05, 3.63) is 81.4 Å². The van der Waals surface area contributed by atoms with Crippen molar-refractivity contribution in [2.75, 3.05) is 0 Å². The van der Waals surface area contributed by atoms with Crippen molar-refractivity contribution in [3.63, 3.8) is 0 Å². The molecule has 29 heavy (non-hydrogen) atoms. The molecule has 3 aliphatic carbocycles. The number of Topliss-reactive ketones (excluding diaryl/α,β-unsaturated/α-hetero) is 2. The van der Waals surface area contributed by atoms with Gasteiger partial charge in [-0.1, -0.05) is 54.3 Å². The van der Waals surface area contributed by atoms with Gasteiger partial charge >= 0.3 is 0 Å². The second-order valence-electron chi connectivity index (χ2n) is 7.23. The molecule has 1 aromatic rings. The molecule has 1 heterocycles. The van der Waals surface area contributed by atoms with Crippen LogP contribution in [0.15, 0.2) is 70.3 Å². The molecule has 8 heteroatoms. The van der Waals surface area contributed by atoms with E-state index in [9.17, 15) is 20.0 Å². The molecule has 0 fully saturated rings. The Labute approximate surface area is 180 Å². The number of halogens is 2. The number of alkyl halides is 2. The number of nitrogens with two attached hydrogens (primary N) is 1. The molecule has 5 nitrogen and oxygen atoms in total. The van der Waals surface area contributed by atoms with E-state index < -0.39 is 32.2 Å². The lowest BCUT2D eigenvalue weighted by atomic mass is 9.56. The zero-order valence-corrected chi connectivity index (χ0v) is 17.0. The van der Waals surface area contributed by atoms with Gasteiger partial charge in [0.05, 0.1) is 15.9 Å². The average molecular weight is 443 g/mol. The van der Waals surface area contributed by atoms with E-state index in [1.807, 2.05) is 6.07 Å². The Kier molecular flexibility index (Phi) is 3.64. The topological polar surface area (TPSA) is 104 Å². The summed E-state index contributed by atoms with van der Waals surface area (Å²) in [6.45, 7) is 0. The molecule has 3 N–H and O–H groups in total. The number of hydrogen-bond donors (Lipinski definition) is 2. The number of carbonyl (C=O) groups is 2. The second kappa shape index (κ2) is 5.65. The summed E-state index contributed by atoms with van der Waals surface area (Å²) in [7, 11) is 0. The third-order valence-electron chi connectivity index (χ3n) is 5.99. The van der Waals surface area contributed by atoms with E-state index in [-0.39, 0.29) is 27.3 Å². The van der Waals surface area contributed by atoms with Crippen molar-refractivity contribution in [2.24, 2.45) is 5.73 Å². The lowest BCUT2D eigenvalue weighted by Gasteiger charge is -2.57. The first-order chi connectivity index (χ1) is 13.7. The first kappa shape index (κ1) is 18.7. The van der Waals surface area contributed by atoms with Crippen molar-refractivity contribution in [1.82, 2.24) is 0 Å². The summed E-state index contributed by atoms with van der Waals surface area (Å²) in [6.07, 6.45) is 6.12. The highest BCUT2D eigenvalue weighted by Gasteiger charge is 2.78. The molecule has 4 atom stereocenters. The number of thioether (sulfide) groups is 1. The number of rotatable bonds is 0. The maximum absolute atomic E-state index is 13.7. The van der Waals surface area contributed by atoms with Gasteiger partial charge in [-0.3, -0.25) is 9.59 Å². The standard InChI is InChI=1S/C21H12Cl2N2O3S/c22-20-15(26)10-5-1-2-6-11(10)16(27)21(20,23)19(28)8-4-3-7-13(19)14-12(9-24)18(25)29-17(14)20/h1-8,17,28H,25H2/t17?,19-,20?,21+/m1/s1. The Balaban J connectivity index is 1.94. The van der Waals surface area contributed by atoms with Crippen LogP contribution in [-0.2, 0) is 0 Å². The molecule has 0 spiro atoms. The van der Waals surface area contributed by atoms with Gasteiger partial charge in [0.25, 0.3) is 0 Å². The summed E-state index contributed by atoms with van der Waals surface area (Å²) in [5.41, 5.74) is 4.93. The minimum Gasteiger partial charge on any atom is -0.392 e. The minimum absolute atomic E-state index is 0.104. The summed E-state index contributed by atoms with van der Waals surface area (Å²) in [4.78, 5) is 23.1. The van der Waals surface area contributed by atoms with Crippen LogP contribution in [0.3, 0.4) is 0 Å². The van der Waals surface area contributed by atoms with E-state index >= 15 is 0 Å². The Morgan fingerprint density at radius 3 is 2.45 bits per heavy atom. The molecule has 0 saturated heterocycles. The minimum atomic E-state index is -2.23. The Morgan fingerprint density at radius 1 is 1.14 bits per heavy atom. The highest BCUT2D eigenvalue weighted by molar-refractivity contribution is 8.04. The van der Waals surface area contributed by atoms with Crippen molar-refractivity contribution in [3.8, 4) is 6.07 Å². The highest BCUT2D eigenvalue weighted by Crippen LogP contribution is 2.65. The summed E-state index contributed by atoms with van der Waals surface area (Å²) < 4.78 is 0. The summed E-state index contributed by atoms with van der Waals surface area (Å²) in [5, 5.41) is 20.7. The van der Waals surface area contributed by atoms with Crippen LogP contribution in [0.5, 0.6) is 0 Å². The Hall–Kier alpha value is -2.30. The molecule has 0 radical (unpaired) electrons. The van der Waals surface area contributed by atoms with Crippen LogP contribution >= 0.6 is 35.0 Å². The number of aliphatic hydroxyl groups is 1. The number of fused-ring (bicyclic) bond motifs is 6. The third kappa shape index (κ3) is 1.83. The Bertz CT molecular complexity index is 1210. The first-order valence-electron chi connectivity index (χ1n) is 8.69. The number of carbonyl (C=O) groups excluding carboxylic acids is 2. The second-order valence-corrected chi connectivity index (χ2v) is 9.55. The predicted molar refractivity (Wildman–Crippen MR) is 111 cm³/mol. The van der Waals surface area contributed by atoms with Crippen molar-refractivity contribution in [1.29, 1.82) is 5.26 Å². The quantitative estimate of drug-likeness (QED) is 0.598. The van der Waals surface area contributed by atoms with Crippen LogP contribution in [0.2, 0.25) is 0 Å². The van der Waals surface area contributed by atoms with Crippen LogP contribution < -0.4 is 5.73 Å². The van der Waals surface area contributed by atoms with E-state index in [1.54, 1.807) is 24.3 Å². The van der Waals surface area contributed by atoms with E-state index in [0.29, 0.717) is 5.57 Å². The van der Waals surface area contributed by atoms with Crippen molar-refractivity contribution < 1.29 is 14.7 Å². The smallest absolute Gasteiger partial charge is 0.190 e. The van der Waals surface area contributed by atoms with Gasteiger partial charge < -0.3 is 10.8 Å². The maximum atomic E-state index is 13.7. The molecule has 1 aliphatic heterocycles. The van der Waals surface area contributed by atoms with Crippen LogP contribution in [-0.4, -0.2) is 37.3 Å². The van der Waals surface area contributed by atoms with Crippen molar-refractivity contribution in [2.45, 2.75) is 20.6 Å². The fraction of sp³-hybridized carbons (Fsp3) is 0.190. The SMILES string of the molecule is N#CC1=C(N)SC2C1=C1C=CC=C[C@]1(O)[C@@]1(Cl)C(=O)c3ccccc3C(=O)C21Cl. The molecular formula is C21H12Cl2N2O3S. The number of nitrogens with zero attached hydrogens (tertiary/aromatic N) is 1. The van der Waals surface area contributed by atoms with E-state index in [0.717, 1.165) is 11.8 Å². The van der Waals surface area contributed by atoms with Gasteiger partial charge in [0.1, 0.15) is 11.7 Å². The molecule has 2 unspecified atom stereocenters. The summed E-state index contributed by atoms with van der Waals surface area (Å²) in [5.74, 6) is -1.23. The van der Waals surface area contributed by atoms with E-state index in [2.05, 4.69) is 0 Å². The number of allylic oxidation sites excluding steroid dienone is 3. The fourth-order valence-electron chi connectivity index (χ4n) is 4.67. The Morgan fingerprint density at radius 2 is 1.79 bits per heavy atom. The van der Waals surface area contributed by atoms with Crippen molar-refractivity contribution >= 4 is 46.5 Å². The molecule has 0 aromatic heterocycles. The number of nitriles is 1. The molecule has 0 bridgehead atoms. The van der Waals surface area contributed by atoms with E-state index in [4.69, 9.17) is 28.9 Å². The number of hydrogen-bond acceptors (Lipinski definition) is 6. The first-order valence-corrected chi connectivity index (χ1v) is 10.3. The highest BCUT2D eigenvalue weighted by atomic mass is 35.5. The molecular weight excluding hydrogens is 431 g/mol. The molecule has 0 amide bonds. The van der Waals surface area contributed by atoms with Gasteiger partial charge in [-0.15, -0.1) is 23.2 Å².